The van der Waals surface area contributed by atoms with Gasteiger partial charge in [-0.3, -0.25) is 18.6 Å². The summed E-state index contributed by atoms with van der Waals surface area (Å²) < 4.78 is 33.3. The monoisotopic (exact) mass is 1410 g/mol. The number of phosphoric ester groups is 1. The molecule has 10 heteroatoms. The largest absolute Gasteiger partial charge is 0.472 e. The van der Waals surface area contributed by atoms with E-state index in [-0.39, 0.29) is 38.6 Å². The number of esters is 2. The van der Waals surface area contributed by atoms with Gasteiger partial charge in [0.25, 0.3) is 0 Å². The molecule has 0 bridgehead atoms. The molecule has 99 heavy (non-hydrogen) atoms. The number of allylic oxidation sites excluding steroid dienone is 12. The molecule has 0 heterocycles. The first-order chi connectivity index (χ1) is 48.8. The van der Waals surface area contributed by atoms with Crippen LogP contribution in [0.1, 0.15) is 450 Å². The third kappa shape index (κ3) is 84.3. The van der Waals surface area contributed by atoms with Crippen molar-refractivity contribution in [2.24, 2.45) is 5.73 Å². The molecule has 0 aromatic heterocycles. The molecule has 0 aromatic carbocycles. The molecule has 0 saturated carbocycles. The van der Waals surface area contributed by atoms with E-state index in [1.54, 1.807) is 0 Å². The maximum absolute atomic E-state index is 12.8. The van der Waals surface area contributed by atoms with Crippen molar-refractivity contribution in [1.29, 1.82) is 0 Å². The highest BCUT2D eigenvalue weighted by molar-refractivity contribution is 7.47. The molecule has 0 fully saturated rings. The van der Waals surface area contributed by atoms with Crippen molar-refractivity contribution in [1.82, 2.24) is 0 Å². The molecule has 0 amide bonds. The number of ether oxygens (including phenoxy) is 2. The maximum Gasteiger partial charge on any atom is 0.472 e. The first kappa shape index (κ1) is 96.4. The highest BCUT2D eigenvalue weighted by Gasteiger charge is 2.26. The normalized spacial score (nSPS) is 13.1. The van der Waals surface area contributed by atoms with E-state index >= 15 is 0 Å². The van der Waals surface area contributed by atoms with Crippen molar-refractivity contribution in [3.8, 4) is 0 Å². The van der Waals surface area contributed by atoms with Crippen LogP contribution in [0.5, 0.6) is 0 Å². The van der Waals surface area contributed by atoms with Gasteiger partial charge >= 0.3 is 19.8 Å². The van der Waals surface area contributed by atoms with Crippen molar-refractivity contribution in [2.45, 2.75) is 457 Å². The summed E-state index contributed by atoms with van der Waals surface area (Å²) in [4.78, 5) is 35.5. The van der Waals surface area contributed by atoms with Gasteiger partial charge < -0.3 is 20.1 Å². The van der Waals surface area contributed by atoms with E-state index < -0.39 is 26.5 Å². The molecule has 0 aliphatic carbocycles. The maximum atomic E-state index is 12.8. The number of nitrogens with two attached hydrogens (primary N) is 1. The SMILES string of the molecule is CCCCCCC/C=C\C/C=C\C/C=C\CCCCCCCCCCCCCCCCCCCCCCCCCCCCC(=O)OC(COC(=O)CCCCCCCCCCCCCCCCCCCCCCCC/C=C\C/C=C\C/C=C\CCCCCCC)COP(=O)(O)OCCN. The number of carbonyl (C=O) groups is 2. The summed E-state index contributed by atoms with van der Waals surface area (Å²) in [5.74, 6) is -0.802. The fourth-order valence-corrected chi connectivity index (χ4v) is 13.9. The van der Waals surface area contributed by atoms with Gasteiger partial charge in [-0.2, -0.15) is 0 Å². The lowest BCUT2D eigenvalue weighted by Gasteiger charge is -2.19. The Morgan fingerprint density at radius 1 is 0.303 bits per heavy atom. The molecule has 3 N–H and O–H groups in total. The highest BCUT2D eigenvalue weighted by atomic mass is 31.2. The lowest BCUT2D eigenvalue weighted by atomic mass is 10.0. The molecule has 0 aromatic rings. The van der Waals surface area contributed by atoms with Crippen molar-refractivity contribution in [2.75, 3.05) is 26.4 Å². The van der Waals surface area contributed by atoms with Crippen LogP contribution in [0, 0.1) is 0 Å². The molecule has 0 saturated heterocycles. The van der Waals surface area contributed by atoms with Crippen LogP contribution in [0.15, 0.2) is 72.9 Å². The minimum Gasteiger partial charge on any atom is -0.462 e. The quantitative estimate of drug-likeness (QED) is 0.0264. The summed E-state index contributed by atoms with van der Waals surface area (Å²) in [6.07, 6.45) is 114. The summed E-state index contributed by atoms with van der Waals surface area (Å²) in [6, 6.07) is 0. The second kappa shape index (κ2) is 84.4. The van der Waals surface area contributed by atoms with E-state index in [2.05, 4.69) is 86.8 Å². The minimum atomic E-state index is -4.40. The molecule has 2 atom stereocenters. The van der Waals surface area contributed by atoms with Gasteiger partial charge in [-0.25, -0.2) is 4.57 Å². The van der Waals surface area contributed by atoms with Crippen LogP contribution < -0.4 is 5.73 Å². The zero-order valence-corrected chi connectivity index (χ0v) is 66.6. The van der Waals surface area contributed by atoms with Crippen LogP contribution >= 0.6 is 7.82 Å². The van der Waals surface area contributed by atoms with Crippen molar-refractivity contribution in [3.05, 3.63) is 72.9 Å². The molecule has 9 nitrogen and oxygen atoms in total. The Bertz CT molecular complexity index is 1860. The smallest absolute Gasteiger partial charge is 0.462 e. The van der Waals surface area contributed by atoms with Crippen LogP contribution in [0.25, 0.3) is 0 Å². The molecule has 2 unspecified atom stereocenters. The predicted molar refractivity (Wildman–Crippen MR) is 432 cm³/mol. The Hall–Kier alpha value is -2.55. The topological polar surface area (TPSA) is 134 Å². The Morgan fingerprint density at radius 3 is 0.778 bits per heavy atom. The van der Waals surface area contributed by atoms with Crippen LogP contribution in [-0.2, 0) is 32.7 Å². The zero-order chi connectivity index (χ0) is 71.5. The average molecular weight is 1410 g/mol. The van der Waals surface area contributed by atoms with Crippen molar-refractivity contribution >= 4 is 19.8 Å². The van der Waals surface area contributed by atoms with E-state index in [1.165, 1.54) is 360 Å². The number of hydrogen-bond acceptors (Lipinski definition) is 8. The van der Waals surface area contributed by atoms with Crippen molar-refractivity contribution < 1.29 is 37.6 Å². The van der Waals surface area contributed by atoms with Crippen LogP contribution in [0.3, 0.4) is 0 Å². The van der Waals surface area contributed by atoms with Gasteiger partial charge in [-0.1, -0.05) is 421 Å². The fraction of sp³-hybridized carbons (Fsp3) is 0.843. The molecule has 0 rings (SSSR count). The third-order valence-electron chi connectivity index (χ3n) is 19.6. The van der Waals surface area contributed by atoms with Gasteiger partial charge in [-0.15, -0.1) is 0 Å². The second-order valence-electron chi connectivity index (χ2n) is 29.4. The van der Waals surface area contributed by atoms with Gasteiger partial charge in [0, 0.05) is 19.4 Å². The van der Waals surface area contributed by atoms with Gasteiger partial charge in [0.15, 0.2) is 6.10 Å². The van der Waals surface area contributed by atoms with E-state index in [9.17, 15) is 19.0 Å². The Labute approximate surface area is 615 Å². The lowest BCUT2D eigenvalue weighted by Crippen LogP contribution is -2.29. The minimum absolute atomic E-state index is 0.0553. The van der Waals surface area contributed by atoms with E-state index in [4.69, 9.17) is 24.3 Å². The van der Waals surface area contributed by atoms with Gasteiger partial charge in [0.05, 0.1) is 13.2 Å². The van der Waals surface area contributed by atoms with Crippen molar-refractivity contribution in [3.63, 3.8) is 0 Å². The fourth-order valence-electron chi connectivity index (χ4n) is 13.1. The predicted octanol–water partition coefficient (Wildman–Crippen LogP) is 29.4. The Balaban J connectivity index is 3.73. The molecule has 0 radical (unpaired) electrons. The van der Waals surface area contributed by atoms with Crippen LogP contribution in [0.2, 0.25) is 0 Å². The van der Waals surface area contributed by atoms with Gasteiger partial charge in [0.2, 0.25) is 0 Å². The Morgan fingerprint density at radius 2 is 0.525 bits per heavy atom. The molecule has 0 spiro atoms. The lowest BCUT2D eigenvalue weighted by molar-refractivity contribution is -0.161. The summed E-state index contributed by atoms with van der Waals surface area (Å²) in [5.41, 5.74) is 5.42. The van der Waals surface area contributed by atoms with Crippen LogP contribution in [0.4, 0.5) is 0 Å². The first-order valence-corrected chi connectivity index (χ1v) is 44.9. The summed E-state index contributed by atoms with van der Waals surface area (Å²) in [5, 5.41) is 0. The third-order valence-corrected chi connectivity index (χ3v) is 20.5. The molecule has 580 valence electrons. The van der Waals surface area contributed by atoms with E-state index in [0.717, 1.165) is 57.8 Å². The molecular weight excluding hydrogens is 1240 g/mol. The summed E-state index contributed by atoms with van der Waals surface area (Å²) >= 11 is 0. The zero-order valence-electron chi connectivity index (χ0n) is 65.7. The standard InChI is InChI=1S/C89H166NO8P/c1-3-5-7-9-11-13-15-17-19-21-23-25-27-29-31-33-35-37-39-41-42-43-44-46-48-50-52-54-56-58-60-62-64-66-68-70-72-74-76-78-80-82-89(92)98-87(86-97-99(93,94)96-84-83-90)85-95-88(91)81-79-77-75-73-71-69-67-65-63-61-59-57-55-53-51-49-47-45-40-38-36-34-32-30-28-26-24-22-20-18-16-14-12-10-8-6-4-2/h15-18,21-24,27-30,87H,3-14,19-20,25-26,31-86,90H2,1-2H3,(H,93,94)/b17-15-,18-16-,23-21-,24-22-,29-27-,30-28-. The summed E-state index contributed by atoms with van der Waals surface area (Å²) in [7, 11) is -4.40. The number of carbonyl (C=O) groups excluding carboxylic acids is 2. The Kier molecular flexibility index (Phi) is 82.2. The molecule has 0 aliphatic rings. The van der Waals surface area contributed by atoms with E-state index in [0.29, 0.717) is 6.42 Å². The van der Waals surface area contributed by atoms with Gasteiger partial charge in [-0.05, 0) is 89.9 Å². The summed E-state index contributed by atoms with van der Waals surface area (Å²) in [6.45, 7) is 3.80. The van der Waals surface area contributed by atoms with E-state index in [1.807, 2.05) is 0 Å². The van der Waals surface area contributed by atoms with Gasteiger partial charge in [0.1, 0.15) is 6.61 Å². The number of hydrogen-bond donors (Lipinski definition) is 2. The molecular formula is C89H166NO8P. The number of rotatable bonds is 83. The van der Waals surface area contributed by atoms with Crippen LogP contribution in [-0.4, -0.2) is 49.3 Å². The molecule has 0 aliphatic heterocycles. The highest BCUT2D eigenvalue weighted by Crippen LogP contribution is 2.43. The average Bonchev–Trinajstić information content (AvgIpc) is 1.19. The number of unbranched alkanes of at least 4 members (excludes halogenated alkanes) is 58. The first-order valence-electron chi connectivity index (χ1n) is 43.4. The number of phosphoric acid groups is 1. The second-order valence-corrected chi connectivity index (χ2v) is 30.9.